The summed E-state index contributed by atoms with van der Waals surface area (Å²) in [6, 6.07) is 15.7. The third kappa shape index (κ3) is 4.45. The van der Waals surface area contributed by atoms with Crippen LogP contribution >= 0.6 is 46.1 Å². The van der Waals surface area contributed by atoms with Crippen molar-refractivity contribution in [3.8, 4) is 17.6 Å². The SMILES string of the molecule is N#CC1=C(N)Oc2cc(OC(=O)c3sc4cc(Cl)cc(Cl)c4c3Cl)ccc2C1c1cccc([N+](=O)[O-])c1. The summed E-state index contributed by atoms with van der Waals surface area (Å²) in [6.45, 7) is 0. The average molecular weight is 573 g/mol. The van der Waals surface area contributed by atoms with Crippen LogP contribution in [-0.4, -0.2) is 10.9 Å². The Morgan fingerprint density at radius 3 is 2.68 bits per heavy atom. The second-order valence-electron chi connectivity index (χ2n) is 7.87. The Bertz CT molecular complexity index is 1710. The molecule has 0 spiro atoms. The molecule has 1 aliphatic heterocycles. The second-order valence-corrected chi connectivity index (χ2v) is 10.1. The van der Waals surface area contributed by atoms with Crippen LogP contribution in [0.4, 0.5) is 5.69 Å². The van der Waals surface area contributed by atoms with Gasteiger partial charge in [0.2, 0.25) is 5.88 Å². The molecule has 184 valence electrons. The number of fused-ring (bicyclic) bond motifs is 2. The fraction of sp³-hybridized carbons (Fsp3) is 0.0400. The molecule has 1 atom stereocenters. The number of non-ortho nitro benzene ring substituents is 1. The molecular formula is C25H12Cl3N3O5S. The molecule has 8 nitrogen and oxygen atoms in total. The van der Waals surface area contributed by atoms with E-state index in [1.165, 1.54) is 36.4 Å². The number of nitro groups is 1. The van der Waals surface area contributed by atoms with E-state index in [0.717, 1.165) is 11.3 Å². The summed E-state index contributed by atoms with van der Waals surface area (Å²) in [5, 5.41) is 22.4. The molecule has 0 radical (unpaired) electrons. The normalized spacial score (nSPS) is 14.6. The minimum atomic E-state index is -0.720. The number of carbonyl (C=O) groups excluding carboxylic acids is 1. The zero-order valence-corrected chi connectivity index (χ0v) is 21.4. The minimum Gasteiger partial charge on any atom is -0.440 e. The quantitative estimate of drug-likeness (QED) is 0.118. The van der Waals surface area contributed by atoms with Crippen LogP contribution < -0.4 is 15.2 Å². The van der Waals surface area contributed by atoms with Gasteiger partial charge in [-0.25, -0.2) is 4.79 Å². The Morgan fingerprint density at radius 1 is 1.16 bits per heavy atom. The molecule has 1 unspecified atom stereocenters. The summed E-state index contributed by atoms with van der Waals surface area (Å²) in [7, 11) is 0. The fourth-order valence-corrected chi connectivity index (χ4v) is 6.30. The smallest absolute Gasteiger partial charge is 0.355 e. The molecule has 0 fully saturated rings. The highest BCUT2D eigenvalue weighted by atomic mass is 35.5. The van der Waals surface area contributed by atoms with Gasteiger partial charge in [-0.3, -0.25) is 10.1 Å². The van der Waals surface area contributed by atoms with Gasteiger partial charge in [0.15, 0.2) is 0 Å². The number of esters is 1. The van der Waals surface area contributed by atoms with Gasteiger partial charge in [-0.05, 0) is 23.8 Å². The van der Waals surface area contributed by atoms with Crippen LogP contribution in [0.1, 0.15) is 26.7 Å². The van der Waals surface area contributed by atoms with Crippen LogP contribution in [0.2, 0.25) is 15.1 Å². The van der Waals surface area contributed by atoms with Crippen molar-refractivity contribution in [2.75, 3.05) is 0 Å². The summed E-state index contributed by atoms with van der Waals surface area (Å²) in [5.74, 6) is -1.23. The zero-order chi connectivity index (χ0) is 26.4. The Labute approximate surface area is 228 Å². The van der Waals surface area contributed by atoms with Crippen molar-refractivity contribution in [3.63, 3.8) is 0 Å². The number of allylic oxidation sites excluding steroid dienone is 1. The van der Waals surface area contributed by atoms with Gasteiger partial charge in [0.25, 0.3) is 5.69 Å². The molecule has 5 rings (SSSR count). The van der Waals surface area contributed by atoms with Crippen LogP contribution in [0.25, 0.3) is 10.1 Å². The third-order valence-corrected chi connectivity index (χ3v) is 7.77. The van der Waals surface area contributed by atoms with E-state index < -0.39 is 16.8 Å². The number of hydrogen-bond donors (Lipinski definition) is 1. The number of benzene rings is 3. The third-order valence-electron chi connectivity index (χ3n) is 5.65. The second kappa shape index (κ2) is 9.57. The maximum absolute atomic E-state index is 13.0. The topological polar surface area (TPSA) is 128 Å². The van der Waals surface area contributed by atoms with Gasteiger partial charge in [-0.15, -0.1) is 11.3 Å². The number of halogens is 3. The molecule has 3 aromatic carbocycles. The maximum Gasteiger partial charge on any atom is 0.355 e. The van der Waals surface area contributed by atoms with Crippen LogP contribution in [0.5, 0.6) is 11.5 Å². The monoisotopic (exact) mass is 571 g/mol. The first-order valence-electron chi connectivity index (χ1n) is 10.4. The van der Waals surface area contributed by atoms with Crippen molar-refractivity contribution >= 4 is 67.9 Å². The van der Waals surface area contributed by atoms with E-state index in [0.29, 0.717) is 31.3 Å². The van der Waals surface area contributed by atoms with Crippen molar-refractivity contribution in [3.05, 3.63) is 107 Å². The van der Waals surface area contributed by atoms with Crippen LogP contribution in [0.15, 0.2) is 66.1 Å². The standard InChI is InChI=1S/C25H12Cl3N3O5S/c26-12-7-17(27)21-19(8-12)37-23(22(21)28)25(32)35-14-4-5-15-18(9-14)36-24(30)16(10-29)20(15)11-2-1-3-13(6-11)31(33)34/h1-9,20H,30H2. The molecule has 2 heterocycles. The highest BCUT2D eigenvalue weighted by Gasteiger charge is 2.32. The molecule has 0 saturated heterocycles. The van der Waals surface area contributed by atoms with Crippen LogP contribution in [0.3, 0.4) is 0 Å². The molecule has 0 amide bonds. The fourth-order valence-electron chi connectivity index (χ4n) is 4.06. The van der Waals surface area contributed by atoms with Crippen LogP contribution in [-0.2, 0) is 0 Å². The summed E-state index contributed by atoms with van der Waals surface area (Å²) in [4.78, 5) is 23.9. The molecule has 1 aliphatic rings. The molecule has 2 N–H and O–H groups in total. The van der Waals surface area contributed by atoms with E-state index in [4.69, 9.17) is 50.0 Å². The first-order valence-corrected chi connectivity index (χ1v) is 12.4. The maximum atomic E-state index is 13.0. The van der Waals surface area contributed by atoms with Gasteiger partial charge in [-0.1, -0.05) is 53.0 Å². The Hall–Kier alpha value is -3.81. The van der Waals surface area contributed by atoms with Gasteiger partial charge < -0.3 is 15.2 Å². The number of nitriles is 1. The number of nitrogens with two attached hydrogens (primary N) is 1. The lowest BCUT2D eigenvalue weighted by Gasteiger charge is -2.26. The van der Waals surface area contributed by atoms with E-state index in [1.54, 1.807) is 18.2 Å². The van der Waals surface area contributed by atoms with Gasteiger partial charge in [0.1, 0.15) is 28.0 Å². The summed E-state index contributed by atoms with van der Waals surface area (Å²) >= 11 is 19.8. The molecule has 1 aromatic heterocycles. The predicted octanol–water partition coefficient (Wildman–Crippen LogP) is 7.21. The number of nitro benzene ring substituents is 1. The summed E-state index contributed by atoms with van der Waals surface area (Å²) < 4.78 is 11.8. The first kappa shape index (κ1) is 24.9. The number of hydrogen-bond acceptors (Lipinski definition) is 8. The zero-order valence-electron chi connectivity index (χ0n) is 18.3. The molecule has 0 bridgehead atoms. The molecular weight excluding hydrogens is 561 g/mol. The average Bonchev–Trinajstić information content (AvgIpc) is 3.19. The largest absolute Gasteiger partial charge is 0.440 e. The van der Waals surface area contributed by atoms with E-state index in [2.05, 4.69) is 0 Å². The van der Waals surface area contributed by atoms with E-state index >= 15 is 0 Å². The molecule has 0 saturated carbocycles. The number of nitrogens with zero attached hydrogens (tertiary/aromatic N) is 2. The van der Waals surface area contributed by atoms with Gasteiger partial charge in [-0.2, -0.15) is 5.26 Å². The van der Waals surface area contributed by atoms with E-state index in [1.807, 2.05) is 6.07 Å². The lowest BCUT2D eigenvalue weighted by molar-refractivity contribution is -0.384. The first-order chi connectivity index (χ1) is 17.7. The summed E-state index contributed by atoms with van der Waals surface area (Å²) in [5.41, 5.74) is 6.99. The van der Waals surface area contributed by atoms with Crippen molar-refractivity contribution in [1.82, 2.24) is 0 Å². The van der Waals surface area contributed by atoms with Gasteiger partial charge in [0, 0.05) is 38.9 Å². The Kier molecular flexibility index (Phi) is 6.43. The highest BCUT2D eigenvalue weighted by molar-refractivity contribution is 7.21. The van der Waals surface area contributed by atoms with Crippen molar-refractivity contribution in [2.45, 2.75) is 5.92 Å². The number of rotatable bonds is 4. The molecule has 4 aromatic rings. The minimum absolute atomic E-state index is 0.102. The van der Waals surface area contributed by atoms with Crippen molar-refractivity contribution < 1.29 is 19.2 Å². The number of thiophene rings is 1. The van der Waals surface area contributed by atoms with E-state index in [9.17, 15) is 20.2 Å². The van der Waals surface area contributed by atoms with Crippen LogP contribution in [0, 0.1) is 21.4 Å². The predicted molar refractivity (Wildman–Crippen MR) is 141 cm³/mol. The van der Waals surface area contributed by atoms with E-state index in [-0.39, 0.29) is 38.5 Å². The number of ether oxygens (including phenoxy) is 2. The van der Waals surface area contributed by atoms with Crippen molar-refractivity contribution in [1.29, 1.82) is 5.26 Å². The lowest BCUT2D eigenvalue weighted by Crippen LogP contribution is -2.21. The Morgan fingerprint density at radius 2 is 1.95 bits per heavy atom. The van der Waals surface area contributed by atoms with Gasteiger partial charge >= 0.3 is 5.97 Å². The lowest BCUT2D eigenvalue weighted by atomic mass is 9.83. The van der Waals surface area contributed by atoms with Gasteiger partial charge in [0.05, 0.1) is 20.9 Å². The summed E-state index contributed by atoms with van der Waals surface area (Å²) in [6.07, 6.45) is 0. The molecule has 0 aliphatic carbocycles. The molecule has 37 heavy (non-hydrogen) atoms. The Balaban J connectivity index is 1.51. The highest BCUT2D eigenvalue weighted by Crippen LogP contribution is 2.45. The molecule has 12 heteroatoms. The number of carbonyl (C=O) groups is 1. The van der Waals surface area contributed by atoms with Crippen molar-refractivity contribution in [2.24, 2.45) is 5.73 Å².